The van der Waals surface area contributed by atoms with Gasteiger partial charge in [0.1, 0.15) is 0 Å². The van der Waals surface area contributed by atoms with Crippen LogP contribution in [0.2, 0.25) is 0 Å². The van der Waals surface area contributed by atoms with E-state index in [4.69, 9.17) is 0 Å². The Labute approximate surface area is 106 Å². The van der Waals surface area contributed by atoms with Crippen molar-refractivity contribution in [2.75, 3.05) is 6.54 Å². The number of carbonyl (C=O) groups is 1. The Morgan fingerprint density at radius 3 is 2.00 bits per heavy atom. The number of urea groups is 1. The van der Waals surface area contributed by atoms with E-state index in [1.54, 1.807) is 0 Å². The Bertz CT molecular complexity index is 294. The molecular weight excluding hydrogens is 212 g/mol. The molecule has 0 aromatic heterocycles. The lowest BCUT2D eigenvalue weighted by molar-refractivity contribution is 0.166. The van der Waals surface area contributed by atoms with Crippen LogP contribution >= 0.6 is 0 Å². The zero-order chi connectivity index (χ0) is 13.6. The molecule has 0 aliphatic rings. The lowest BCUT2D eigenvalue weighted by Crippen LogP contribution is -2.47. The number of rotatable bonds is 3. The molecule has 17 heavy (non-hydrogen) atoms. The summed E-state index contributed by atoms with van der Waals surface area (Å²) < 4.78 is 0. The number of hydrogen-bond donors (Lipinski definition) is 1. The molecule has 0 unspecified atom stereocenters. The fourth-order valence-electron chi connectivity index (χ4n) is 1.59. The van der Waals surface area contributed by atoms with Crippen LogP contribution in [-0.4, -0.2) is 29.6 Å². The molecule has 0 radical (unpaired) electrons. The predicted molar refractivity (Wildman–Crippen MR) is 72.7 cm³/mol. The largest absolute Gasteiger partial charge is 0.327 e. The summed E-state index contributed by atoms with van der Waals surface area (Å²) in [5.74, 6) is 6.07. The number of nitrogens with one attached hydrogen (secondary N) is 1. The van der Waals surface area contributed by atoms with E-state index in [1.165, 1.54) is 0 Å². The smallest absolute Gasteiger partial charge is 0.318 e. The van der Waals surface area contributed by atoms with E-state index in [9.17, 15) is 4.79 Å². The molecule has 0 saturated heterocycles. The van der Waals surface area contributed by atoms with Crippen LogP contribution in [-0.2, 0) is 0 Å². The van der Waals surface area contributed by atoms with Gasteiger partial charge in [-0.15, -0.1) is 0 Å². The second-order valence-corrected chi connectivity index (χ2v) is 5.81. The topological polar surface area (TPSA) is 32.3 Å². The summed E-state index contributed by atoms with van der Waals surface area (Å²) >= 11 is 0. The lowest BCUT2D eigenvalue weighted by Gasteiger charge is -2.30. The molecule has 0 fully saturated rings. The van der Waals surface area contributed by atoms with E-state index in [2.05, 4.69) is 37.9 Å². The molecule has 2 amide bonds. The van der Waals surface area contributed by atoms with E-state index in [0.717, 1.165) is 0 Å². The van der Waals surface area contributed by atoms with Crippen LogP contribution in [0.3, 0.4) is 0 Å². The summed E-state index contributed by atoms with van der Waals surface area (Å²) in [6.07, 6.45) is 0. The van der Waals surface area contributed by atoms with Gasteiger partial charge in [-0.25, -0.2) is 4.79 Å². The maximum atomic E-state index is 11.9. The van der Waals surface area contributed by atoms with E-state index >= 15 is 0 Å². The molecule has 1 N–H and O–H groups in total. The van der Waals surface area contributed by atoms with Gasteiger partial charge < -0.3 is 10.2 Å². The third kappa shape index (κ3) is 6.88. The van der Waals surface area contributed by atoms with Crippen molar-refractivity contribution in [3.05, 3.63) is 0 Å². The number of carbonyl (C=O) groups excluding carboxylic acids is 1. The molecule has 0 bridgehead atoms. The maximum Gasteiger partial charge on any atom is 0.318 e. The van der Waals surface area contributed by atoms with Crippen molar-refractivity contribution in [3.8, 4) is 11.8 Å². The highest BCUT2D eigenvalue weighted by Gasteiger charge is 2.18. The van der Waals surface area contributed by atoms with Gasteiger partial charge >= 0.3 is 6.03 Å². The SMILES string of the molecule is CC(C)N(C(=O)NCC#CC(C)(C)C)C(C)C. The molecule has 0 aliphatic carbocycles. The first-order valence-electron chi connectivity index (χ1n) is 6.21. The van der Waals surface area contributed by atoms with Crippen LogP contribution in [0.1, 0.15) is 48.5 Å². The molecule has 3 nitrogen and oxygen atoms in total. The van der Waals surface area contributed by atoms with E-state index in [-0.39, 0.29) is 23.5 Å². The van der Waals surface area contributed by atoms with E-state index < -0.39 is 0 Å². The zero-order valence-electron chi connectivity index (χ0n) is 12.2. The molecular formula is C14H26N2O. The molecule has 98 valence electrons. The summed E-state index contributed by atoms with van der Waals surface area (Å²) in [5, 5.41) is 2.83. The second kappa shape index (κ2) is 6.54. The van der Waals surface area contributed by atoms with Crippen LogP contribution in [0.5, 0.6) is 0 Å². The fourth-order valence-corrected chi connectivity index (χ4v) is 1.59. The molecule has 0 heterocycles. The highest BCUT2D eigenvalue weighted by atomic mass is 16.2. The molecule has 0 aromatic carbocycles. The molecule has 0 aliphatic heterocycles. The highest BCUT2D eigenvalue weighted by molar-refractivity contribution is 5.75. The Morgan fingerprint density at radius 1 is 1.18 bits per heavy atom. The number of hydrogen-bond acceptors (Lipinski definition) is 1. The van der Waals surface area contributed by atoms with Crippen molar-refractivity contribution < 1.29 is 4.79 Å². The summed E-state index contributed by atoms with van der Waals surface area (Å²) in [6, 6.07) is 0.356. The third-order valence-corrected chi connectivity index (χ3v) is 2.14. The first-order valence-corrected chi connectivity index (χ1v) is 6.21. The minimum atomic E-state index is -0.0433. The average molecular weight is 238 g/mol. The molecule has 0 aromatic rings. The Balaban J connectivity index is 4.29. The summed E-state index contributed by atoms with van der Waals surface area (Å²) in [6.45, 7) is 14.6. The number of amides is 2. The van der Waals surface area contributed by atoms with Gasteiger partial charge in [0, 0.05) is 17.5 Å². The van der Waals surface area contributed by atoms with Crippen LogP contribution in [0.4, 0.5) is 4.79 Å². The minimum Gasteiger partial charge on any atom is -0.327 e. The third-order valence-electron chi connectivity index (χ3n) is 2.14. The summed E-state index contributed by atoms with van der Waals surface area (Å²) in [5.41, 5.74) is -0.0134. The minimum absolute atomic E-state index is 0.0134. The van der Waals surface area contributed by atoms with Crippen LogP contribution in [0, 0.1) is 17.3 Å². The van der Waals surface area contributed by atoms with Gasteiger partial charge in [-0.3, -0.25) is 0 Å². The van der Waals surface area contributed by atoms with Crippen LogP contribution in [0.25, 0.3) is 0 Å². The first-order chi connectivity index (χ1) is 7.65. The van der Waals surface area contributed by atoms with Crippen LogP contribution in [0.15, 0.2) is 0 Å². The Kier molecular flexibility index (Phi) is 6.09. The molecule has 3 heteroatoms. The quantitative estimate of drug-likeness (QED) is 0.753. The van der Waals surface area contributed by atoms with Gasteiger partial charge in [0.15, 0.2) is 0 Å². The van der Waals surface area contributed by atoms with Crippen molar-refractivity contribution in [1.82, 2.24) is 10.2 Å². The van der Waals surface area contributed by atoms with E-state index in [1.807, 2.05) is 32.6 Å². The van der Waals surface area contributed by atoms with Crippen molar-refractivity contribution in [2.45, 2.75) is 60.5 Å². The predicted octanol–water partition coefficient (Wildman–Crippen LogP) is 2.86. The number of nitrogens with zero attached hydrogens (tertiary/aromatic N) is 1. The molecule has 0 rings (SSSR count). The van der Waals surface area contributed by atoms with Gasteiger partial charge in [-0.1, -0.05) is 11.8 Å². The Morgan fingerprint density at radius 2 is 1.65 bits per heavy atom. The van der Waals surface area contributed by atoms with Gasteiger partial charge in [-0.2, -0.15) is 0 Å². The van der Waals surface area contributed by atoms with Crippen molar-refractivity contribution >= 4 is 6.03 Å². The maximum absolute atomic E-state index is 11.9. The standard InChI is InChI=1S/C14H26N2O/c1-11(2)16(12(3)4)13(17)15-10-8-9-14(5,6)7/h11-12H,10H2,1-7H3,(H,15,17). The van der Waals surface area contributed by atoms with Crippen LogP contribution < -0.4 is 5.32 Å². The normalized spacial score (nSPS) is 11.1. The van der Waals surface area contributed by atoms with Gasteiger partial charge in [0.25, 0.3) is 0 Å². The fraction of sp³-hybridized carbons (Fsp3) is 0.786. The summed E-state index contributed by atoms with van der Waals surface area (Å²) in [4.78, 5) is 13.7. The van der Waals surface area contributed by atoms with Crippen molar-refractivity contribution in [1.29, 1.82) is 0 Å². The van der Waals surface area contributed by atoms with Gasteiger partial charge in [0.05, 0.1) is 6.54 Å². The summed E-state index contributed by atoms with van der Waals surface area (Å²) in [7, 11) is 0. The molecule has 0 spiro atoms. The molecule has 0 atom stereocenters. The molecule has 0 saturated carbocycles. The highest BCUT2D eigenvalue weighted by Crippen LogP contribution is 2.09. The van der Waals surface area contributed by atoms with E-state index in [0.29, 0.717) is 6.54 Å². The zero-order valence-corrected chi connectivity index (χ0v) is 12.2. The van der Waals surface area contributed by atoms with Crippen molar-refractivity contribution in [3.63, 3.8) is 0 Å². The monoisotopic (exact) mass is 238 g/mol. The van der Waals surface area contributed by atoms with Gasteiger partial charge in [0.2, 0.25) is 0 Å². The lowest BCUT2D eigenvalue weighted by atomic mass is 9.98. The average Bonchev–Trinajstić information content (AvgIpc) is 2.09. The Hall–Kier alpha value is -1.17. The van der Waals surface area contributed by atoms with Crippen molar-refractivity contribution in [2.24, 2.45) is 5.41 Å². The van der Waals surface area contributed by atoms with Gasteiger partial charge in [-0.05, 0) is 48.5 Å². The second-order valence-electron chi connectivity index (χ2n) is 5.81. The first kappa shape index (κ1) is 15.8.